The van der Waals surface area contributed by atoms with E-state index in [0.717, 1.165) is 11.6 Å². The molecule has 0 spiro atoms. The minimum atomic E-state index is -0.855. The molecule has 1 aromatic rings. The van der Waals surface area contributed by atoms with E-state index in [-0.39, 0.29) is 17.7 Å². The highest BCUT2D eigenvalue weighted by Gasteiger charge is 2.19. The molecule has 0 aliphatic rings. The summed E-state index contributed by atoms with van der Waals surface area (Å²) in [4.78, 5) is 33.4. The molecule has 3 N–H and O–H groups in total. The lowest BCUT2D eigenvalue weighted by molar-refractivity contribution is -0.384. The first kappa shape index (κ1) is 16.4. The average molecular weight is 291 g/mol. The Bertz CT molecular complexity index is 592. The minimum Gasteiger partial charge on any atom is -0.368 e. The Hall–Kier alpha value is -2.70. The number of non-ortho nitro benzene ring substituents is 1. The van der Waals surface area contributed by atoms with Crippen molar-refractivity contribution in [2.45, 2.75) is 26.3 Å². The number of nitrogens with one attached hydrogen (secondary N) is 1. The number of nitro benzene ring substituents is 1. The Balaban J connectivity index is 2.87. The lowest BCUT2D eigenvalue weighted by atomic mass is 10.1. The Labute approximate surface area is 122 Å². The first-order chi connectivity index (χ1) is 9.81. The van der Waals surface area contributed by atoms with Crippen molar-refractivity contribution in [3.8, 4) is 0 Å². The smallest absolute Gasteiger partial charge is 0.270 e. The summed E-state index contributed by atoms with van der Waals surface area (Å²) in [5.41, 5.74) is 6.14. The van der Waals surface area contributed by atoms with Gasteiger partial charge in [0, 0.05) is 17.7 Å². The van der Waals surface area contributed by atoms with Gasteiger partial charge in [0.1, 0.15) is 6.04 Å². The third-order valence-electron chi connectivity index (χ3n) is 2.73. The fourth-order valence-electron chi connectivity index (χ4n) is 1.60. The lowest BCUT2D eigenvalue weighted by Crippen LogP contribution is -2.44. The zero-order chi connectivity index (χ0) is 16.0. The maximum absolute atomic E-state index is 12.0. The van der Waals surface area contributed by atoms with Gasteiger partial charge in [-0.25, -0.2) is 0 Å². The number of nitro groups is 1. The molecule has 21 heavy (non-hydrogen) atoms. The molecule has 7 heteroatoms. The molecule has 0 heterocycles. The standard InChI is InChI=1S/C14H17N3O4/c1-9(2)6-7-12(13(15)18)16-14(19)10-4-3-5-11(8-10)17(20)21/h3-6,8,12H,7H2,1-2H3,(H2,15,18)(H,16,19)/t12-/m1/s1. The largest absolute Gasteiger partial charge is 0.368 e. The zero-order valence-electron chi connectivity index (χ0n) is 11.8. The second-order valence-electron chi connectivity index (χ2n) is 4.75. The summed E-state index contributed by atoms with van der Waals surface area (Å²) < 4.78 is 0. The fraction of sp³-hybridized carbons (Fsp3) is 0.286. The van der Waals surface area contributed by atoms with E-state index in [1.807, 2.05) is 13.8 Å². The lowest BCUT2D eigenvalue weighted by Gasteiger charge is -2.14. The molecule has 112 valence electrons. The second kappa shape index (κ2) is 7.18. The van der Waals surface area contributed by atoms with Gasteiger partial charge in [-0.15, -0.1) is 0 Å². The van der Waals surface area contributed by atoms with E-state index in [9.17, 15) is 19.7 Å². The van der Waals surface area contributed by atoms with Crippen LogP contribution in [-0.2, 0) is 4.79 Å². The number of hydrogen-bond donors (Lipinski definition) is 2. The maximum atomic E-state index is 12.0. The first-order valence-corrected chi connectivity index (χ1v) is 6.29. The number of carbonyl (C=O) groups excluding carboxylic acids is 2. The minimum absolute atomic E-state index is 0.104. The number of benzene rings is 1. The molecular formula is C14H17N3O4. The highest BCUT2D eigenvalue weighted by Crippen LogP contribution is 2.13. The van der Waals surface area contributed by atoms with E-state index in [1.165, 1.54) is 18.2 Å². The Morgan fingerprint density at radius 2 is 2.10 bits per heavy atom. The van der Waals surface area contributed by atoms with Gasteiger partial charge < -0.3 is 11.1 Å². The molecule has 0 bridgehead atoms. The Morgan fingerprint density at radius 3 is 2.62 bits per heavy atom. The Kier molecular flexibility index (Phi) is 5.59. The molecule has 0 unspecified atom stereocenters. The summed E-state index contributed by atoms with van der Waals surface area (Å²) in [5, 5.41) is 13.1. The predicted molar refractivity (Wildman–Crippen MR) is 77.6 cm³/mol. The van der Waals surface area contributed by atoms with Crippen molar-refractivity contribution in [1.82, 2.24) is 5.32 Å². The molecule has 0 aliphatic carbocycles. The van der Waals surface area contributed by atoms with E-state index < -0.39 is 22.8 Å². The van der Waals surface area contributed by atoms with Crippen LogP contribution >= 0.6 is 0 Å². The molecule has 2 amide bonds. The molecule has 0 aromatic heterocycles. The van der Waals surface area contributed by atoms with E-state index in [1.54, 1.807) is 6.08 Å². The molecule has 7 nitrogen and oxygen atoms in total. The number of hydrogen-bond acceptors (Lipinski definition) is 4. The molecule has 1 aromatic carbocycles. The van der Waals surface area contributed by atoms with Crippen LogP contribution in [0.5, 0.6) is 0 Å². The molecule has 0 saturated carbocycles. The van der Waals surface area contributed by atoms with E-state index in [0.29, 0.717) is 0 Å². The van der Waals surface area contributed by atoms with Crippen LogP contribution in [0.2, 0.25) is 0 Å². The summed E-state index contributed by atoms with van der Waals surface area (Å²) >= 11 is 0. The quantitative estimate of drug-likeness (QED) is 0.469. The van der Waals surface area contributed by atoms with Crippen molar-refractivity contribution in [3.63, 3.8) is 0 Å². The molecule has 1 atom stereocenters. The first-order valence-electron chi connectivity index (χ1n) is 6.29. The third-order valence-corrected chi connectivity index (χ3v) is 2.73. The van der Waals surface area contributed by atoms with Crippen LogP contribution in [0, 0.1) is 10.1 Å². The molecule has 0 saturated heterocycles. The number of amides is 2. The number of primary amides is 1. The van der Waals surface area contributed by atoms with E-state index in [4.69, 9.17) is 5.73 Å². The zero-order valence-corrected chi connectivity index (χ0v) is 11.8. The average Bonchev–Trinajstić information content (AvgIpc) is 2.42. The van der Waals surface area contributed by atoms with Crippen molar-refractivity contribution in [2.75, 3.05) is 0 Å². The maximum Gasteiger partial charge on any atom is 0.270 e. The summed E-state index contributed by atoms with van der Waals surface area (Å²) in [5.74, 6) is -1.24. The van der Waals surface area contributed by atoms with Crippen molar-refractivity contribution in [2.24, 2.45) is 5.73 Å². The van der Waals surface area contributed by atoms with Crippen LogP contribution in [0.25, 0.3) is 0 Å². The van der Waals surface area contributed by atoms with Gasteiger partial charge in [0.05, 0.1) is 4.92 Å². The van der Waals surface area contributed by atoms with Gasteiger partial charge in [0.15, 0.2) is 0 Å². The number of nitrogens with two attached hydrogens (primary N) is 1. The van der Waals surface area contributed by atoms with E-state index in [2.05, 4.69) is 5.32 Å². The van der Waals surface area contributed by atoms with Gasteiger partial charge in [0.2, 0.25) is 5.91 Å². The van der Waals surface area contributed by atoms with Gasteiger partial charge in [-0.05, 0) is 26.3 Å². The molecular weight excluding hydrogens is 274 g/mol. The van der Waals surface area contributed by atoms with Crippen LogP contribution in [0.15, 0.2) is 35.9 Å². The topological polar surface area (TPSA) is 115 Å². The monoisotopic (exact) mass is 291 g/mol. The van der Waals surface area contributed by atoms with Crippen LogP contribution in [0.1, 0.15) is 30.6 Å². The molecule has 0 radical (unpaired) electrons. The highest BCUT2D eigenvalue weighted by molar-refractivity contribution is 5.97. The molecule has 1 rings (SSSR count). The third kappa shape index (κ3) is 5.06. The summed E-state index contributed by atoms with van der Waals surface area (Å²) in [7, 11) is 0. The van der Waals surface area contributed by atoms with Crippen LogP contribution in [0.3, 0.4) is 0 Å². The van der Waals surface area contributed by atoms with Crippen LogP contribution in [-0.4, -0.2) is 22.8 Å². The van der Waals surface area contributed by atoms with Crippen molar-refractivity contribution >= 4 is 17.5 Å². The fourth-order valence-corrected chi connectivity index (χ4v) is 1.60. The Morgan fingerprint density at radius 1 is 1.43 bits per heavy atom. The number of allylic oxidation sites excluding steroid dienone is 1. The van der Waals surface area contributed by atoms with Gasteiger partial charge >= 0.3 is 0 Å². The van der Waals surface area contributed by atoms with Gasteiger partial charge in [0.25, 0.3) is 11.6 Å². The van der Waals surface area contributed by atoms with E-state index >= 15 is 0 Å². The summed E-state index contributed by atoms with van der Waals surface area (Å²) in [6, 6.07) is 4.41. The SMILES string of the molecule is CC(C)=CC[C@@H](NC(=O)c1cccc([N+](=O)[O-])c1)C(N)=O. The van der Waals surface area contributed by atoms with Crippen molar-refractivity contribution in [1.29, 1.82) is 0 Å². The molecule has 0 fully saturated rings. The normalized spacial score (nSPS) is 11.3. The highest BCUT2D eigenvalue weighted by atomic mass is 16.6. The summed E-state index contributed by atoms with van der Waals surface area (Å²) in [6.07, 6.45) is 2.06. The van der Waals surface area contributed by atoms with Crippen LogP contribution in [0.4, 0.5) is 5.69 Å². The molecule has 0 aliphatic heterocycles. The summed E-state index contributed by atoms with van der Waals surface area (Å²) in [6.45, 7) is 3.72. The van der Waals surface area contributed by atoms with Crippen molar-refractivity contribution < 1.29 is 14.5 Å². The van der Waals surface area contributed by atoms with Crippen LogP contribution < -0.4 is 11.1 Å². The number of carbonyl (C=O) groups is 2. The predicted octanol–water partition coefficient (Wildman–Crippen LogP) is 1.53. The number of nitrogens with zero attached hydrogens (tertiary/aromatic N) is 1. The number of rotatable bonds is 6. The van der Waals surface area contributed by atoms with Gasteiger partial charge in [-0.1, -0.05) is 17.7 Å². The van der Waals surface area contributed by atoms with Gasteiger partial charge in [-0.3, -0.25) is 19.7 Å². The second-order valence-corrected chi connectivity index (χ2v) is 4.75. The van der Waals surface area contributed by atoms with Crippen molar-refractivity contribution in [3.05, 3.63) is 51.6 Å². The van der Waals surface area contributed by atoms with Gasteiger partial charge in [-0.2, -0.15) is 0 Å².